The summed E-state index contributed by atoms with van der Waals surface area (Å²) in [6, 6.07) is 10.0. The van der Waals surface area contributed by atoms with Crippen molar-refractivity contribution in [3.05, 3.63) is 54.4 Å². The summed E-state index contributed by atoms with van der Waals surface area (Å²) in [4.78, 5) is 4.24. The molecule has 0 amide bonds. The first-order valence-corrected chi connectivity index (χ1v) is 7.96. The van der Waals surface area contributed by atoms with Gasteiger partial charge in [-0.3, -0.25) is 4.98 Å². The molecular weight excluding hydrogens is 276 g/mol. The van der Waals surface area contributed by atoms with Crippen molar-refractivity contribution in [3.8, 4) is 5.75 Å². The van der Waals surface area contributed by atoms with Crippen LogP contribution in [0.3, 0.4) is 0 Å². The Kier molecular flexibility index (Phi) is 4.36. The van der Waals surface area contributed by atoms with Crippen LogP contribution in [-0.2, 0) is 9.84 Å². The van der Waals surface area contributed by atoms with Crippen molar-refractivity contribution in [2.75, 3.05) is 12.8 Å². The predicted molar refractivity (Wildman–Crippen MR) is 76.2 cm³/mol. The number of hydrogen-bond donors (Lipinski definition) is 1. The van der Waals surface area contributed by atoms with Crippen molar-refractivity contribution in [2.45, 2.75) is 11.0 Å². The van der Waals surface area contributed by atoms with Crippen LogP contribution >= 0.6 is 0 Å². The van der Waals surface area contributed by atoms with Gasteiger partial charge < -0.3 is 10.5 Å². The van der Waals surface area contributed by atoms with E-state index in [1.54, 1.807) is 30.6 Å². The highest BCUT2D eigenvalue weighted by molar-refractivity contribution is 7.90. The minimum atomic E-state index is -3.26. The van der Waals surface area contributed by atoms with Gasteiger partial charge in [-0.05, 0) is 24.3 Å². The molecule has 2 rings (SSSR count). The van der Waals surface area contributed by atoms with Gasteiger partial charge in [0.05, 0.1) is 4.90 Å². The van der Waals surface area contributed by atoms with Crippen molar-refractivity contribution in [1.82, 2.24) is 4.98 Å². The van der Waals surface area contributed by atoms with Crippen molar-refractivity contribution in [1.29, 1.82) is 0 Å². The highest BCUT2D eigenvalue weighted by Crippen LogP contribution is 2.23. The van der Waals surface area contributed by atoms with Crippen molar-refractivity contribution in [3.63, 3.8) is 0 Å². The van der Waals surface area contributed by atoms with Gasteiger partial charge in [0.25, 0.3) is 0 Å². The molecule has 0 saturated carbocycles. The number of hydrogen-bond acceptors (Lipinski definition) is 5. The average Bonchev–Trinajstić information content (AvgIpc) is 2.45. The van der Waals surface area contributed by atoms with Crippen LogP contribution in [0.1, 0.15) is 11.7 Å². The summed E-state index contributed by atoms with van der Waals surface area (Å²) >= 11 is 0. The molecule has 106 valence electrons. The van der Waals surface area contributed by atoms with E-state index in [1.165, 1.54) is 12.1 Å². The third-order valence-electron chi connectivity index (χ3n) is 2.78. The lowest BCUT2D eigenvalue weighted by Crippen LogP contribution is -2.18. The molecule has 2 aromatic rings. The van der Waals surface area contributed by atoms with E-state index in [4.69, 9.17) is 10.5 Å². The van der Waals surface area contributed by atoms with E-state index in [1.807, 2.05) is 6.07 Å². The molecule has 0 radical (unpaired) electrons. The second-order valence-electron chi connectivity index (χ2n) is 4.38. The number of sulfone groups is 1. The van der Waals surface area contributed by atoms with Gasteiger partial charge in [0.1, 0.15) is 11.9 Å². The molecule has 0 aliphatic heterocycles. The molecule has 0 bridgehead atoms. The van der Waals surface area contributed by atoms with Crippen LogP contribution in [0.15, 0.2) is 53.7 Å². The SMILES string of the molecule is CS(=O)(=O)c1cccc(OC(CN)c2cccnc2)c1. The molecule has 0 saturated heterocycles. The van der Waals surface area contributed by atoms with Crippen LogP contribution in [0.5, 0.6) is 5.75 Å². The Balaban J connectivity index is 2.25. The molecule has 0 aliphatic rings. The fourth-order valence-electron chi connectivity index (χ4n) is 1.76. The average molecular weight is 292 g/mol. The van der Waals surface area contributed by atoms with E-state index in [0.717, 1.165) is 11.8 Å². The van der Waals surface area contributed by atoms with Crippen molar-refractivity contribution in [2.24, 2.45) is 5.73 Å². The Morgan fingerprint density at radius 3 is 2.70 bits per heavy atom. The summed E-state index contributed by atoms with van der Waals surface area (Å²) in [7, 11) is -3.26. The molecule has 1 unspecified atom stereocenters. The fourth-order valence-corrected chi connectivity index (χ4v) is 2.42. The maximum Gasteiger partial charge on any atom is 0.175 e. The molecule has 1 atom stereocenters. The summed E-state index contributed by atoms with van der Waals surface area (Å²) in [5.41, 5.74) is 6.55. The highest BCUT2D eigenvalue weighted by Gasteiger charge is 2.13. The Labute approximate surface area is 118 Å². The molecule has 0 spiro atoms. The van der Waals surface area contributed by atoms with Gasteiger partial charge in [-0.2, -0.15) is 0 Å². The van der Waals surface area contributed by atoms with Crippen LogP contribution < -0.4 is 10.5 Å². The molecular formula is C14H16N2O3S. The maximum absolute atomic E-state index is 11.5. The lowest BCUT2D eigenvalue weighted by atomic mass is 10.1. The van der Waals surface area contributed by atoms with Gasteiger partial charge >= 0.3 is 0 Å². The first-order valence-electron chi connectivity index (χ1n) is 6.07. The maximum atomic E-state index is 11.5. The van der Waals surface area contributed by atoms with Crippen molar-refractivity contribution >= 4 is 9.84 Å². The van der Waals surface area contributed by atoms with Gasteiger partial charge in [-0.25, -0.2) is 8.42 Å². The first kappa shape index (κ1) is 14.5. The van der Waals surface area contributed by atoms with Gasteiger partial charge in [0.15, 0.2) is 9.84 Å². The number of ether oxygens (including phenoxy) is 1. The number of benzene rings is 1. The number of rotatable bonds is 5. The smallest absolute Gasteiger partial charge is 0.175 e. The van der Waals surface area contributed by atoms with E-state index in [-0.39, 0.29) is 17.5 Å². The van der Waals surface area contributed by atoms with Crippen LogP contribution in [0.2, 0.25) is 0 Å². The van der Waals surface area contributed by atoms with Crippen LogP contribution in [0.25, 0.3) is 0 Å². The zero-order valence-electron chi connectivity index (χ0n) is 11.1. The van der Waals surface area contributed by atoms with Gasteiger partial charge in [-0.1, -0.05) is 12.1 Å². The molecule has 0 fully saturated rings. The Morgan fingerprint density at radius 2 is 2.10 bits per heavy atom. The second-order valence-corrected chi connectivity index (χ2v) is 6.39. The monoisotopic (exact) mass is 292 g/mol. The van der Waals surface area contributed by atoms with E-state index >= 15 is 0 Å². The quantitative estimate of drug-likeness (QED) is 0.904. The standard InChI is InChI=1S/C14H16N2O3S/c1-20(17,18)13-6-2-5-12(8-13)19-14(9-15)11-4-3-7-16-10-11/h2-8,10,14H,9,15H2,1H3. The minimum Gasteiger partial charge on any atom is -0.484 e. The topological polar surface area (TPSA) is 82.3 Å². The highest BCUT2D eigenvalue weighted by atomic mass is 32.2. The Hall–Kier alpha value is -1.92. The third kappa shape index (κ3) is 3.55. The number of nitrogens with two attached hydrogens (primary N) is 1. The van der Waals surface area contributed by atoms with Gasteiger partial charge in [0, 0.05) is 30.8 Å². The number of pyridine rings is 1. The van der Waals surface area contributed by atoms with Crippen LogP contribution in [0.4, 0.5) is 0 Å². The summed E-state index contributed by atoms with van der Waals surface area (Å²) in [6.07, 6.45) is 4.14. The van der Waals surface area contributed by atoms with Crippen molar-refractivity contribution < 1.29 is 13.2 Å². The largest absolute Gasteiger partial charge is 0.484 e. The first-order chi connectivity index (χ1) is 9.50. The number of nitrogens with zero attached hydrogens (tertiary/aromatic N) is 1. The van der Waals surface area contributed by atoms with Gasteiger partial charge in [0.2, 0.25) is 0 Å². The molecule has 1 heterocycles. The third-order valence-corrected chi connectivity index (χ3v) is 3.89. The molecule has 1 aromatic heterocycles. The van der Waals surface area contributed by atoms with Crippen LogP contribution in [0, 0.1) is 0 Å². The normalized spacial score (nSPS) is 12.9. The Morgan fingerprint density at radius 1 is 1.30 bits per heavy atom. The second kappa shape index (κ2) is 6.02. The molecule has 2 N–H and O–H groups in total. The lowest BCUT2D eigenvalue weighted by molar-refractivity contribution is 0.213. The minimum absolute atomic E-state index is 0.219. The Bertz CT molecular complexity index is 672. The van der Waals surface area contributed by atoms with E-state index in [0.29, 0.717) is 5.75 Å². The van der Waals surface area contributed by atoms with Crippen LogP contribution in [-0.4, -0.2) is 26.2 Å². The molecule has 6 heteroatoms. The molecule has 20 heavy (non-hydrogen) atoms. The summed E-state index contributed by atoms with van der Waals surface area (Å²) in [6.45, 7) is 0.273. The van der Waals surface area contributed by atoms with E-state index < -0.39 is 9.84 Å². The van der Waals surface area contributed by atoms with E-state index in [9.17, 15) is 8.42 Å². The summed E-state index contributed by atoms with van der Waals surface area (Å²) in [5.74, 6) is 0.465. The number of aromatic nitrogens is 1. The summed E-state index contributed by atoms with van der Waals surface area (Å²) in [5, 5.41) is 0. The zero-order valence-corrected chi connectivity index (χ0v) is 11.9. The van der Waals surface area contributed by atoms with Gasteiger partial charge in [-0.15, -0.1) is 0 Å². The lowest BCUT2D eigenvalue weighted by Gasteiger charge is -2.17. The summed E-state index contributed by atoms with van der Waals surface area (Å²) < 4.78 is 28.8. The zero-order chi connectivity index (χ0) is 14.6. The molecule has 5 nitrogen and oxygen atoms in total. The van der Waals surface area contributed by atoms with E-state index in [2.05, 4.69) is 4.98 Å². The molecule has 1 aromatic carbocycles. The fraction of sp³-hybridized carbons (Fsp3) is 0.214. The molecule has 0 aliphatic carbocycles. The predicted octanol–water partition coefficient (Wildman–Crippen LogP) is 1.56.